The molecule has 38 heavy (non-hydrogen) atoms. The number of halogens is 1. The third-order valence-electron chi connectivity index (χ3n) is 7.65. The van der Waals surface area contributed by atoms with Gasteiger partial charge in [-0.1, -0.05) is 41.7 Å². The number of nitrogens with one attached hydrogen (secondary N) is 2. The van der Waals surface area contributed by atoms with Gasteiger partial charge in [-0.3, -0.25) is 10.1 Å². The highest BCUT2D eigenvalue weighted by molar-refractivity contribution is 7.17. The van der Waals surface area contributed by atoms with Gasteiger partial charge >= 0.3 is 6.03 Å². The maximum absolute atomic E-state index is 15.4. The van der Waals surface area contributed by atoms with Crippen molar-refractivity contribution < 1.29 is 18.7 Å². The average Bonchev–Trinajstić information content (AvgIpc) is 3.28. The number of rotatable bonds is 10. The lowest BCUT2D eigenvalue weighted by molar-refractivity contribution is 0.0554. The summed E-state index contributed by atoms with van der Waals surface area (Å²) in [7, 11) is 1.71. The van der Waals surface area contributed by atoms with Gasteiger partial charge in [0.25, 0.3) is 0 Å². The van der Waals surface area contributed by atoms with Crippen molar-refractivity contribution in [2.45, 2.75) is 45.3 Å². The fraction of sp³-hybridized carbons (Fsp3) is 0.607. The van der Waals surface area contributed by atoms with Crippen molar-refractivity contribution in [3.8, 4) is 0 Å². The van der Waals surface area contributed by atoms with Gasteiger partial charge in [-0.05, 0) is 38.3 Å². The molecule has 2 fully saturated rings. The monoisotopic (exact) mass is 545 g/mol. The smallest absolute Gasteiger partial charge is 0.321 e. The van der Waals surface area contributed by atoms with Crippen LogP contribution < -0.4 is 10.6 Å². The summed E-state index contributed by atoms with van der Waals surface area (Å²) in [6.45, 7) is 8.97. The van der Waals surface area contributed by atoms with E-state index in [1.165, 1.54) is 18.3 Å². The van der Waals surface area contributed by atoms with Crippen LogP contribution in [-0.2, 0) is 4.74 Å². The highest BCUT2D eigenvalue weighted by atomic mass is 32.1. The second-order valence-corrected chi connectivity index (χ2v) is 11.5. The molecule has 2 aliphatic rings. The minimum atomic E-state index is -0.968. The number of thiazole rings is 1. The zero-order chi connectivity index (χ0) is 27.1. The first-order valence-electron chi connectivity index (χ1n) is 13.5. The number of nitrogens with zero attached hydrogens (tertiary/aromatic N) is 3. The first-order chi connectivity index (χ1) is 18.3. The van der Waals surface area contributed by atoms with Gasteiger partial charge in [0.05, 0.1) is 17.2 Å². The molecule has 1 aromatic carbocycles. The van der Waals surface area contributed by atoms with E-state index in [1.54, 1.807) is 14.0 Å². The Bertz CT molecular complexity index is 1070. The molecule has 0 radical (unpaired) electrons. The van der Waals surface area contributed by atoms with Crippen molar-refractivity contribution >= 4 is 28.3 Å². The van der Waals surface area contributed by atoms with Gasteiger partial charge < -0.3 is 19.9 Å². The van der Waals surface area contributed by atoms with E-state index < -0.39 is 6.17 Å². The third-order valence-corrected chi connectivity index (χ3v) is 8.82. The molecule has 2 amide bonds. The Balaban J connectivity index is 1.39. The predicted molar refractivity (Wildman–Crippen MR) is 149 cm³/mol. The Morgan fingerprint density at radius 3 is 2.68 bits per heavy atom. The SMILES string of the molecule is COCCN1CC[C@@H](NC(=O)Nc2nc(C)c(C(C)=O)s2)[C@H](CN2CCC[C@H](C(F)c3ccccc3)C2)C1. The Labute approximate surface area is 228 Å². The number of hydrogen-bond acceptors (Lipinski definition) is 7. The molecule has 1 unspecified atom stereocenters. The number of anilines is 1. The number of likely N-dealkylation sites (tertiary alicyclic amines) is 2. The van der Waals surface area contributed by atoms with Crippen LogP contribution in [0, 0.1) is 18.8 Å². The summed E-state index contributed by atoms with van der Waals surface area (Å²) in [5, 5.41) is 6.42. The second-order valence-electron chi connectivity index (χ2n) is 10.5. The molecule has 10 heteroatoms. The van der Waals surface area contributed by atoms with Gasteiger partial charge in [-0.15, -0.1) is 0 Å². The summed E-state index contributed by atoms with van der Waals surface area (Å²) >= 11 is 1.20. The summed E-state index contributed by atoms with van der Waals surface area (Å²) in [5.41, 5.74) is 1.38. The van der Waals surface area contributed by atoms with Crippen LogP contribution in [0.4, 0.5) is 14.3 Å². The highest BCUT2D eigenvalue weighted by Crippen LogP contribution is 2.33. The molecule has 2 N–H and O–H groups in total. The molecule has 0 spiro atoms. The number of carbonyl (C=O) groups is 2. The molecular formula is C28H40FN5O3S. The summed E-state index contributed by atoms with van der Waals surface area (Å²) in [6, 6.07) is 9.14. The normalized spacial score (nSPS) is 23.6. The summed E-state index contributed by atoms with van der Waals surface area (Å²) in [4.78, 5) is 34.3. The standard InChI is InChI=1S/C28H40FN5O3S/c1-19-26(20(2)35)38-28(30-19)32-27(36)31-24-11-13-33(14-15-37-3)17-23(24)18-34-12-7-10-22(16-34)25(29)21-8-5-4-6-9-21/h4-6,8-9,22-25H,7,10-18H2,1-3H3,(H2,30,31,32,36)/t22-,23-,24+,25?/m0/s1. The molecule has 4 rings (SSSR count). The van der Waals surface area contributed by atoms with Crippen LogP contribution in [0.1, 0.15) is 53.3 Å². The van der Waals surface area contributed by atoms with Crippen LogP contribution in [0.25, 0.3) is 0 Å². The molecular weight excluding hydrogens is 505 g/mol. The van der Waals surface area contributed by atoms with E-state index in [2.05, 4.69) is 25.4 Å². The number of amides is 2. The van der Waals surface area contributed by atoms with Crippen LogP contribution in [0.15, 0.2) is 30.3 Å². The Morgan fingerprint density at radius 2 is 1.97 bits per heavy atom. The molecule has 208 valence electrons. The number of carbonyl (C=O) groups excluding carboxylic acids is 2. The largest absolute Gasteiger partial charge is 0.383 e. The van der Waals surface area contributed by atoms with Crippen molar-refractivity contribution in [1.82, 2.24) is 20.1 Å². The molecule has 4 atom stereocenters. The lowest BCUT2D eigenvalue weighted by atomic mass is 9.87. The van der Waals surface area contributed by atoms with Crippen LogP contribution in [-0.4, -0.2) is 85.6 Å². The van der Waals surface area contributed by atoms with Crippen LogP contribution in [0.5, 0.6) is 0 Å². The van der Waals surface area contributed by atoms with Crippen molar-refractivity contribution in [2.75, 3.05) is 58.3 Å². The summed E-state index contributed by atoms with van der Waals surface area (Å²) in [6.07, 6.45) is 1.71. The maximum atomic E-state index is 15.4. The fourth-order valence-electron chi connectivity index (χ4n) is 5.72. The average molecular weight is 546 g/mol. The zero-order valence-corrected chi connectivity index (χ0v) is 23.4. The van der Waals surface area contributed by atoms with E-state index in [0.29, 0.717) is 22.3 Å². The molecule has 1 aromatic heterocycles. The van der Waals surface area contributed by atoms with E-state index in [-0.39, 0.29) is 29.7 Å². The molecule has 0 aliphatic carbocycles. The van der Waals surface area contributed by atoms with E-state index in [1.807, 2.05) is 30.3 Å². The quantitative estimate of drug-likeness (QED) is 0.427. The topological polar surface area (TPSA) is 86.8 Å². The minimum Gasteiger partial charge on any atom is -0.383 e. The number of aryl methyl sites for hydroxylation is 1. The van der Waals surface area contributed by atoms with Gasteiger partial charge in [0.1, 0.15) is 6.17 Å². The molecule has 2 aromatic rings. The number of benzene rings is 1. The zero-order valence-electron chi connectivity index (χ0n) is 22.6. The Morgan fingerprint density at radius 1 is 1.18 bits per heavy atom. The van der Waals surface area contributed by atoms with E-state index >= 15 is 4.39 Å². The Hall–Kier alpha value is -2.40. The third kappa shape index (κ3) is 7.59. The molecule has 2 aliphatic heterocycles. The molecule has 8 nitrogen and oxygen atoms in total. The lowest BCUT2D eigenvalue weighted by Crippen LogP contribution is -2.56. The van der Waals surface area contributed by atoms with E-state index in [9.17, 15) is 9.59 Å². The first kappa shape index (κ1) is 28.6. The van der Waals surface area contributed by atoms with Gasteiger partial charge in [-0.2, -0.15) is 0 Å². The summed E-state index contributed by atoms with van der Waals surface area (Å²) < 4.78 is 20.7. The van der Waals surface area contributed by atoms with Crippen molar-refractivity contribution in [3.63, 3.8) is 0 Å². The van der Waals surface area contributed by atoms with E-state index in [4.69, 9.17) is 4.74 Å². The number of Topliss-reactive ketones (excluding diaryl/α,β-unsaturated/α-hetero) is 1. The van der Waals surface area contributed by atoms with Crippen molar-refractivity contribution in [2.24, 2.45) is 11.8 Å². The number of hydrogen-bond donors (Lipinski definition) is 2. The number of alkyl halides is 1. The number of ether oxygens (including phenoxy) is 1. The van der Waals surface area contributed by atoms with Gasteiger partial charge in [0, 0.05) is 64.6 Å². The van der Waals surface area contributed by atoms with Crippen LogP contribution in [0.3, 0.4) is 0 Å². The highest BCUT2D eigenvalue weighted by Gasteiger charge is 2.34. The molecule has 3 heterocycles. The number of aromatic nitrogens is 1. The first-order valence-corrected chi connectivity index (χ1v) is 14.3. The Kier molecular flexibility index (Phi) is 10.2. The number of ketones is 1. The lowest BCUT2D eigenvalue weighted by Gasteiger charge is -2.43. The van der Waals surface area contributed by atoms with E-state index in [0.717, 1.165) is 64.1 Å². The van der Waals surface area contributed by atoms with Gasteiger partial charge in [0.2, 0.25) is 0 Å². The van der Waals surface area contributed by atoms with Crippen molar-refractivity contribution in [1.29, 1.82) is 0 Å². The summed E-state index contributed by atoms with van der Waals surface area (Å²) in [5.74, 6) is 0.114. The molecule has 0 bridgehead atoms. The number of piperidine rings is 2. The molecule has 2 saturated heterocycles. The number of methoxy groups -OCH3 is 1. The fourth-order valence-corrected chi connectivity index (χ4v) is 6.58. The van der Waals surface area contributed by atoms with Gasteiger partial charge in [-0.25, -0.2) is 14.2 Å². The predicted octanol–water partition coefficient (Wildman–Crippen LogP) is 4.54. The van der Waals surface area contributed by atoms with Crippen LogP contribution >= 0.6 is 11.3 Å². The van der Waals surface area contributed by atoms with Crippen molar-refractivity contribution in [3.05, 3.63) is 46.5 Å². The maximum Gasteiger partial charge on any atom is 0.321 e. The van der Waals surface area contributed by atoms with Gasteiger partial charge in [0.15, 0.2) is 10.9 Å². The van der Waals surface area contributed by atoms with Crippen LogP contribution in [0.2, 0.25) is 0 Å². The minimum absolute atomic E-state index is 0.0159. The second kappa shape index (κ2) is 13.6. The number of urea groups is 1. The molecule has 0 saturated carbocycles.